The van der Waals surface area contributed by atoms with Gasteiger partial charge in [-0.3, -0.25) is 9.59 Å². The van der Waals surface area contributed by atoms with Crippen molar-refractivity contribution < 1.29 is 19.1 Å². The van der Waals surface area contributed by atoms with Crippen LogP contribution in [0.15, 0.2) is 12.3 Å². The molecule has 1 N–H and O–H groups in total. The second-order valence-corrected chi connectivity index (χ2v) is 8.47. The van der Waals surface area contributed by atoms with Crippen LogP contribution in [0.3, 0.4) is 0 Å². The Labute approximate surface area is 147 Å². The van der Waals surface area contributed by atoms with E-state index in [4.69, 9.17) is 4.74 Å². The van der Waals surface area contributed by atoms with Crippen LogP contribution in [0.5, 0.6) is 0 Å². The minimum atomic E-state index is -0.743. The number of aromatic nitrogens is 1. The van der Waals surface area contributed by atoms with Crippen LogP contribution in [0.1, 0.15) is 73.2 Å². The fourth-order valence-corrected chi connectivity index (χ4v) is 5.84. The summed E-state index contributed by atoms with van der Waals surface area (Å²) in [5.74, 6) is 1.45. The molecule has 4 aliphatic carbocycles. The number of ketones is 2. The lowest BCUT2D eigenvalue weighted by Crippen LogP contribution is -2.52. The molecule has 5 heteroatoms. The summed E-state index contributed by atoms with van der Waals surface area (Å²) >= 11 is 0. The third-order valence-corrected chi connectivity index (χ3v) is 6.52. The summed E-state index contributed by atoms with van der Waals surface area (Å²) in [5, 5.41) is 0. The number of Topliss-reactive ketones (excluding diaryl/α,β-unsaturated/α-hetero) is 2. The third kappa shape index (κ3) is 2.83. The van der Waals surface area contributed by atoms with Gasteiger partial charge in [0.15, 0.2) is 17.7 Å². The van der Waals surface area contributed by atoms with Gasteiger partial charge >= 0.3 is 5.97 Å². The molecule has 5 rings (SSSR count). The zero-order valence-corrected chi connectivity index (χ0v) is 14.8. The lowest BCUT2D eigenvalue weighted by Gasteiger charge is -2.56. The van der Waals surface area contributed by atoms with Crippen molar-refractivity contribution in [2.24, 2.45) is 23.2 Å². The first-order chi connectivity index (χ1) is 11.9. The van der Waals surface area contributed by atoms with Gasteiger partial charge in [0.1, 0.15) is 5.69 Å². The number of hydrogen-bond donors (Lipinski definition) is 1. The Hall–Kier alpha value is -1.91. The first-order valence-corrected chi connectivity index (χ1v) is 9.31. The summed E-state index contributed by atoms with van der Waals surface area (Å²) in [6.07, 6.45) is 7.48. The van der Waals surface area contributed by atoms with E-state index in [1.54, 1.807) is 6.92 Å². The molecule has 4 aliphatic rings. The number of aromatic amines is 1. The van der Waals surface area contributed by atoms with Gasteiger partial charge in [-0.1, -0.05) is 0 Å². The van der Waals surface area contributed by atoms with Crippen LogP contribution in [-0.4, -0.2) is 28.6 Å². The van der Waals surface area contributed by atoms with Crippen LogP contribution >= 0.6 is 0 Å². The van der Waals surface area contributed by atoms with Crippen LogP contribution < -0.4 is 0 Å². The number of nitrogens with one attached hydrogen (secondary N) is 1. The van der Waals surface area contributed by atoms with Gasteiger partial charge in [0.05, 0.1) is 0 Å². The maximum Gasteiger partial charge on any atom is 0.355 e. The first kappa shape index (κ1) is 16.6. The van der Waals surface area contributed by atoms with Crippen molar-refractivity contribution in [3.05, 3.63) is 23.5 Å². The second-order valence-electron chi connectivity index (χ2n) is 8.47. The maximum absolute atomic E-state index is 13.1. The molecule has 4 bridgehead atoms. The van der Waals surface area contributed by atoms with Gasteiger partial charge in [-0.05, 0) is 76.2 Å². The summed E-state index contributed by atoms with van der Waals surface area (Å²) in [7, 11) is 0. The minimum Gasteiger partial charge on any atom is -0.450 e. The molecule has 4 fully saturated rings. The van der Waals surface area contributed by atoms with Crippen LogP contribution in [0.2, 0.25) is 0 Å². The van der Waals surface area contributed by atoms with Gasteiger partial charge in [-0.25, -0.2) is 4.79 Å². The Morgan fingerprint density at radius 3 is 2.16 bits per heavy atom. The van der Waals surface area contributed by atoms with E-state index in [0.717, 1.165) is 19.3 Å². The van der Waals surface area contributed by atoms with E-state index >= 15 is 0 Å². The van der Waals surface area contributed by atoms with E-state index in [1.165, 1.54) is 38.4 Å². The van der Waals surface area contributed by atoms with Crippen molar-refractivity contribution in [1.82, 2.24) is 4.98 Å². The van der Waals surface area contributed by atoms with Gasteiger partial charge in [0, 0.05) is 17.2 Å². The molecule has 134 valence electrons. The predicted molar refractivity (Wildman–Crippen MR) is 91.3 cm³/mol. The summed E-state index contributed by atoms with van der Waals surface area (Å²) in [6, 6.07) is 1.48. The van der Waals surface area contributed by atoms with Crippen LogP contribution in [0.4, 0.5) is 0 Å². The van der Waals surface area contributed by atoms with Gasteiger partial charge in [0.2, 0.25) is 0 Å². The molecule has 1 atom stereocenters. The number of H-pyrrole nitrogens is 1. The zero-order valence-electron chi connectivity index (χ0n) is 14.8. The molecule has 1 aromatic heterocycles. The number of ether oxygens (including phenoxy) is 1. The van der Waals surface area contributed by atoms with Crippen LogP contribution in [0.25, 0.3) is 0 Å². The molecule has 0 spiro atoms. The maximum atomic E-state index is 13.1. The van der Waals surface area contributed by atoms with Crippen molar-refractivity contribution in [1.29, 1.82) is 0 Å². The van der Waals surface area contributed by atoms with E-state index in [1.807, 2.05) is 0 Å². The Balaban J connectivity index is 1.45. The predicted octanol–water partition coefficient (Wildman–Crippen LogP) is 3.55. The molecule has 0 radical (unpaired) electrons. The standard InChI is InChI=1S/C20H25NO4/c1-11(22)16-6-17(21-10-16)19(24)25-12(2)18(23)20-7-13-3-14(8-20)5-15(4-13)9-20/h6,10,12-15,21H,3-5,7-9H2,1-2H3. The van der Waals surface area contributed by atoms with Crippen molar-refractivity contribution in [2.75, 3.05) is 0 Å². The summed E-state index contributed by atoms with van der Waals surface area (Å²) < 4.78 is 5.45. The van der Waals surface area contributed by atoms with Crippen molar-refractivity contribution >= 4 is 17.5 Å². The highest BCUT2D eigenvalue weighted by Crippen LogP contribution is 2.60. The average Bonchev–Trinajstić information content (AvgIpc) is 3.03. The molecule has 25 heavy (non-hydrogen) atoms. The number of carbonyl (C=O) groups is 3. The summed E-state index contributed by atoms with van der Waals surface area (Å²) in [4.78, 5) is 39.5. The smallest absolute Gasteiger partial charge is 0.355 e. The van der Waals surface area contributed by atoms with Gasteiger partial charge in [-0.15, -0.1) is 0 Å². The number of rotatable bonds is 5. The second kappa shape index (κ2) is 5.82. The quantitative estimate of drug-likeness (QED) is 0.655. The van der Waals surface area contributed by atoms with Gasteiger partial charge < -0.3 is 9.72 Å². The molecule has 4 saturated carbocycles. The number of esters is 1. The van der Waals surface area contributed by atoms with E-state index in [-0.39, 0.29) is 22.7 Å². The lowest BCUT2D eigenvalue weighted by molar-refractivity contribution is -0.152. The fraction of sp³-hybridized carbons (Fsp3) is 0.650. The zero-order chi connectivity index (χ0) is 17.8. The highest BCUT2D eigenvalue weighted by molar-refractivity contribution is 5.98. The molecule has 1 aromatic rings. The van der Waals surface area contributed by atoms with Gasteiger partial charge in [0.25, 0.3) is 0 Å². The largest absolute Gasteiger partial charge is 0.450 e. The molecule has 0 amide bonds. The van der Waals surface area contributed by atoms with Crippen molar-refractivity contribution in [2.45, 2.75) is 58.5 Å². The van der Waals surface area contributed by atoms with E-state index in [2.05, 4.69) is 4.98 Å². The average molecular weight is 343 g/mol. The molecule has 0 aliphatic heterocycles. The Kier molecular flexibility index (Phi) is 3.85. The van der Waals surface area contributed by atoms with Crippen LogP contribution in [0, 0.1) is 23.2 Å². The SMILES string of the molecule is CC(=O)c1c[nH]c(C(=O)OC(C)C(=O)C23CC4CC(CC(C4)C2)C3)c1. The summed E-state index contributed by atoms with van der Waals surface area (Å²) in [5.41, 5.74) is 0.386. The van der Waals surface area contributed by atoms with Gasteiger partial charge in [-0.2, -0.15) is 0 Å². The molecule has 1 unspecified atom stereocenters. The van der Waals surface area contributed by atoms with Crippen molar-refractivity contribution in [3.8, 4) is 0 Å². The number of hydrogen-bond acceptors (Lipinski definition) is 4. The lowest BCUT2D eigenvalue weighted by atomic mass is 9.48. The molecule has 0 aromatic carbocycles. The molecular formula is C20H25NO4. The minimum absolute atomic E-state index is 0.0956. The molecule has 0 saturated heterocycles. The van der Waals surface area contributed by atoms with E-state index in [9.17, 15) is 14.4 Å². The topological polar surface area (TPSA) is 76.2 Å². The third-order valence-electron chi connectivity index (χ3n) is 6.52. The Bertz CT molecular complexity index is 697. The molecule has 5 nitrogen and oxygen atoms in total. The van der Waals surface area contributed by atoms with Crippen molar-refractivity contribution in [3.63, 3.8) is 0 Å². The Morgan fingerprint density at radius 1 is 1.12 bits per heavy atom. The first-order valence-electron chi connectivity index (χ1n) is 9.31. The van der Waals surface area contributed by atoms with E-state index < -0.39 is 12.1 Å². The normalized spacial score (nSPS) is 33.9. The molecule has 1 heterocycles. The monoisotopic (exact) mass is 343 g/mol. The van der Waals surface area contributed by atoms with Crippen LogP contribution in [-0.2, 0) is 9.53 Å². The molecular weight excluding hydrogens is 318 g/mol. The number of carbonyl (C=O) groups excluding carboxylic acids is 3. The highest BCUT2D eigenvalue weighted by Gasteiger charge is 2.55. The van der Waals surface area contributed by atoms with E-state index in [0.29, 0.717) is 23.3 Å². The fourth-order valence-electron chi connectivity index (χ4n) is 5.84. The summed E-state index contributed by atoms with van der Waals surface area (Å²) in [6.45, 7) is 3.13. The Morgan fingerprint density at radius 2 is 1.68 bits per heavy atom. The highest BCUT2D eigenvalue weighted by atomic mass is 16.5.